The Morgan fingerprint density at radius 1 is 1.48 bits per heavy atom. The Balaban J connectivity index is 1.54. The third-order valence-electron chi connectivity index (χ3n) is 4.67. The lowest BCUT2D eigenvalue weighted by Gasteiger charge is -2.32. The van der Waals surface area contributed by atoms with Crippen LogP contribution in [0.25, 0.3) is 0 Å². The summed E-state index contributed by atoms with van der Waals surface area (Å²) in [6.07, 6.45) is 3.16. The molecule has 1 fully saturated rings. The molecule has 1 saturated heterocycles. The Hall–Kier alpha value is -2.12. The van der Waals surface area contributed by atoms with Crippen molar-refractivity contribution >= 4 is 23.1 Å². The van der Waals surface area contributed by atoms with E-state index in [9.17, 15) is 0 Å². The normalized spacial score (nSPS) is 17.8. The number of rotatable bonds is 6. The highest BCUT2D eigenvalue weighted by Crippen LogP contribution is 2.16. The van der Waals surface area contributed by atoms with Crippen LogP contribution < -0.4 is 10.2 Å². The zero-order valence-corrected chi connectivity index (χ0v) is 17.2. The third kappa shape index (κ3) is 5.68. The van der Waals surface area contributed by atoms with Crippen LogP contribution in [0, 0.1) is 0 Å². The van der Waals surface area contributed by atoms with Crippen molar-refractivity contribution < 1.29 is 4.74 Å². The van der Waals surface area contributed by atoms with Gasteiger partial charge in [0, 0.05) is 51.3 Å². The number of guanidine groups is 1. The smallest absolute Gasteiger partial charge is 0.193 e. The Morgan fingerprint density at radius 2 is 2.37 bits per heavy atom. The lowest BCUT2D eigenvalue weighted by Crippen LogP contribution is -2.41. The van der Waals surface area contributed by atoms with Gasteiger partial charge in [0.1, 0.15) is 5.82 Å². The van der Waals surface area contributed by atoms with Gasteiger partial charge in [-0.3, -0.25) is 4.99 Å². The van der Waals surface area contributed by atoms with Crippen LogP contribution in [0.3, 0.4) is 0 Å². The molecule has 0 saturated carbocycles. The van der Waals surface area contributed by atoms with Gasteiger partial charge in [-0.2, -0.15) is 0 Å². The van der Waals surface area contributed by atoms with Crippen molar-refractivity contribution in [1.82, 2.24) is 15.2 Å². The zero-order valence-electron chi connectivity index (χ0n) is 16.4. The summed E-state index contributed by atoms with van der Waals surface area (Å²) in [6, 6.07) is 8.49. The minimum absolute atomic E-state index is 0.248. The summed E-state index contributed by atoms with van der Waals surface area (Å²) in [7, 11) is 3.91. The molecule has 7 heteroatoms. The summed E-state index contributed by atoms with van der Waals surface area (Å²) in [6.45, 7) is 6.30. The van der Waals surface area contributed by atoms with Crippen molar-refractivity contribution in [3.05, 3.63) is 46.3 Å². The number of anilines is 1. The van der Waals surface area contributed by atoms with E-state index in [4.69, 9.17) is 4.74 Å². The molecule has 1 unspecified atom stereocenters. The van der Waals surface area contributed by atoms with E-state index in [1.807, 2.05) is 13.2 Å². The molecule has 2 aromatic heterocycles. The zero-order chi connectivity index (χ0) is 19.1. The van der Waals surface area contributed by atoms with Crippen molar-refractivity contribution in [2.24, 2.45) is 4.99 Å². The van der Waals surface area contributed by atoms with Crippen molar-refractivity contribution in [3.8, 4) is 0 Å². The Morgan fingerprint density at radius 3 is 3.11 bits per heavy atom. The average molecular weight is 388 g/mol. The summed E-state index contributed by atoms with van der Waals surface area (Å²) in [4.78, 5) is 14.8. The van der Waals surface area contributed by atoms with Crippen LogP contribution in [0.2, 0.25) is 0 Å². The number of likely N-dealkylation sites (N-methyl/N-ethyl adjacent to an activating group) is 1. The number of nitrogens with zero attached hydrogens (tertiary/aromatic N) is 4. The van der Waals surface area contributed by atoms with Crippen molar-refractivity contribution in [2.75, 3.05) is 45.2 Å². The van der Waals surface area contributed by atoms with Gasteiger partial charge in [0.05, 0.1) is 12.7 Å². The van der Waals surface area contributed by atoms with Gasteiger partial charge < -0.3 is 19.9 Å². The van der Waals surface area contributed by atoms with Crippen LogP contribution >= 0.6 is 11.3 Å². The minimum Gasteiger partial charge on any atom is -0.375 e. The molecule has 1 N–H and O–H groups in total. The number of pyridine rings is 1. The monoisotopic (exact) mass is 387 g/mol. The lowest BCUT2D eigenvalue weighted by molar-refractivity contribution is 0.0529. The van der Waals surface area contributed by atoms with Gasteiger partial charge in [-0.05, 0) is 42.5 Å². The molecule has 1 aliphatic rings. The van der Waals surface area contributed by atoms with Crippen LogP contribution in [0.1, 0.15) is 17.4 Å². The van der Waals surface area contributed by atoms with Crippen LogP contribution in [-0.2, 0) is 17.7 Å². The van der Waals surface area contributed by atoms with E-state index in [-0.39, 0.29) is 6.10 Å². The molecule has 3 rings (SSSR count). The summed E-state index contributed by atoms with van der Waals surface area (Å²) < 4.78 is 5.63. The molecule has 27 heavy (non-hydrogen) atoms. The van der Waals surface area contributed by atoms with Gasteiger partial charge in [0.15, 0.2) is 5.96 Å². The van der Waals surface area contributed by atoms with Crippen LogP contribution in [0.5, 0.6) is 0 Å². The van der Waals surface area contributed by atoms with Crippen molar-refractivity contribution in [3.63, 3.8) is 0 Å². The number of thiophene rings is 1. The highest BCUT2D eigenvalue weighted by molar-refractivity contribution is 7.09. The van der Waals surface area contributed by atoms with E-state index in [0.717, 1.165) is 51.0 Å². The molecule has 2 aromatic rings. The quantitative estimate of drug-likeness (QED) is 0.610. The first kappa shape index (κ1) is 19.6. The predicted molar refractivity (Wildman–Crippen MR) is 113 cm³/mol. The Labute approximate surface area is 165 Å². The lowest BCUT2D eigenvalue weighted by atomic mass is 10.2. The molecule has 6 nitrogen and oxygen atoms in total. The van der Waals surface area contributed by atoms with Crippen molar-refractivity contribution in [2.45, 2.75) is 26.0 Å². The standard InChI is InChI=1S/C20H29N5OS/c1-16-15-25(10-11-26-16)19-13-17(6-8-22-19)14-23-20(21-2)24(3)9-7-18-5-4-12-27-18/h4-6,8,12-13,16H,7,9-11,14-15H2,1-3H3,(H,21,23). The molecule has 0 amide bonds. The molecule has 3 heterocycles. The fraction of sp³-hybridized carbons (Fsp3) is 0.500. The van der Waals surface area contributed by atoms with E-state index in [0.29, 0.717) is 0 Å². The summed E-state index contributed by atoms with van der Waals surface area (Å²) in [5.74, 6) is 1.93. The maximum Gasteiger partial charge on any atom is 0.193 e. The molecule has 0 radical (unpaired) electrons. The molecule has 0 spiro atoms. The summed E-state index contributed by atoms with van der Waals surface area (Å²) >= 11 is 1.80. The van der Waals surface area contributed by atoms with Gasteiger partial charge in [0.25, 0.3) is 0 Å². The fourth-order valence-electron chi connectivity index (χ4n) is 3.17. The van der Waals surface area contributed by atoms with E-state index < -0.39 is 0 Å². The number of aliphatic imine (C=N–C) groups is 1. The van der Waals surface area contributed by atoms with Crippen molar-refractivity contribution in [1.29, 1.82) is 0 Å². The number of aromatic nitrogens is 1. The number of nitrogens with one attached hydrogen (secondary N) is 1. The van der Waals surface area contributed by atoms with E-state index in [1.165, 1.54) is 10.4 Å². The summed E-state index contributed by atoms with van der Waals surface area (Å²) in [5.41, 5.74) is 1.20. The minimum atomic E-state index is 0.248. The molecule has 1 atom stereocenters. The highest BCUT2D eigenvalue weighted by Gasteiger charge is 2.18. The maximum absolute atomic E-state index is 5.63. The van der Waals surface area contributed by atoms with Gasteiger partial charge in [-0.25, -0.2) is 4.98 Å². The molecule has 0 aliphatic carbocycles. The molecule has 146 valence electrons. The van der Waals surface area contributed by atoms with Crippen LogP contribution in [-0.4, -0.2) is 62.3 Å². The SMILES string of the molecule is CN=C(NCc1ccnc(N2CCOC(C)C2)c1)N(C)CCc1cccs1. The van der Waals surface area contributed by atoms with E-state index >= 15 is 0 Å². The van der Waals surface area contributed by atoms with Gasteiger partial charge in [-0.15, -0.1) is 11.3 Å². The van der Waals surface area contributed by atoms with E-state index in [1.54, 1.807) is 11.3 Å². The molecular weight excluding hydrogens is 358 g/mol. The topological polar surface area (TPSA) is 53.0 Å². The number of ether oxygens (including phenoxy) is 1. The number of hydrogen-bond acceptors (Lipinski definition) is 5. The first-order chi connectivity index (χ1) is 13.2. The molecule has 0 bridgehead atoms. The number of morpholine rings is 1. The fourth-order valence-corrected chi connectivity index (χ4v) is 3.87. The van der Waals surface area contributed by atoms with Gasteiger partial charge >= 0.3 is 0 Å². The number of hydrogen-bond donors (Lipinski definition) is 1. The maximum atomic E-state index is 5.63. The highest BCUT2D eigenvalue weighted by atomic mass is 32.1. The molecule has 1 aliphatic heterocycles. The van der Waals surface area contributed by atoms with Gasteiger partial charge in [-0.1, -0.05) is 6.07 Å². The second kappa shape index (κ2) is 9.71. The first-order valence-corrected chi connectivity index (χ1v) is 10.3. The second-order valence-electron chi connectivity index (χ2n) is 6.80. The second-order valence-corrected chi connectivity index (χ2v) is 7.83. The Kier molecular flexibility index (Phi) is 7.06. The molecular formula is C20H29N5OS. The predicted octanol–water partition coefficient (Wildman–Crippen LogP) is 2.62. The van der Waals surface area contributed by atoms with Gasteiger partial charge in [0.2, 0.25) is 0 Å². The average Bonchev–Trinajstić information content (AvgIpc) is 3.21. The Bertz CT molecular complexity index is 734. The van der Waals surface area contributed by atoms with Crippen LogP contribution in [0.4, 0.5) is 5.82 Å². The summed E-state index contributed by atoms with van der Waals surface area (Å²) in [5, 5.41) is 5.59. The largest absolute Gasteiger partial charge is 0.375 e. The molecule has 0 aromatic carbocycles. The first-order valence-electron chi connectivity index (χ1n) is 9.41. The third-order valence-corrected chi connectivity index (χ3v) is 5.61. The van der Waals surface area contributed by atoms with Crippen LogP contribution in [0.15, 0.2) is 40.8 Å². The van der Waals surface area contributed by atoms with E-state index in [2.05, 4.69) is 68.7 Å².